The third-order valence-corrected chi connectivity index (χ3v) is 21.9. The normalized spacial score (nSPS) is 15.4. The molecule has 0 aliphatic carbocycles. The molecule has 0 saturated carbocycles. The predicted octanol–water partition coefficient (Wildman–Crippen LogP) is 8.00. The van der Waals surface area contributed by atoms with E-state index in [0.29, 0.717) is 53.5 Å². The Morgan fingerprint density at radius 1 is 0.355 bits per heavy atom. The molecule has 3 saturated heterocycles. The summed E-state index contributed by atoms with van der Waals surface area (Å²) in [6, 6.07) is 39.3. The molecule has 0 spiro atoms. The smallest absolute Gasteiger partial charge is 0.494 e. The summed E-state index contributed by atoms with van der Waals surface area (Å²) in [4.78, 5) is 77.9. The fraction of sp³-hybridized carbons (Fsp3) is 0.203. The maximum absolute atomic E-state index is 9.21. The van der Waals surface area contributed by atoms with Crippen LogP contribution in [0.5, 0.6) is 5.75 Å². The third kappa shape index (κ3) is 19.6. The highest BCUT2D eigenvalue weighted by atomic mass is 32.2. The number of nitrogens with zero attached hydrogens (tertiary/aromatic N) is 15. The lowest BCUT2D eigenvalue weighted by Gasteiger charge is -2.07. The molecule has 10 aromatic heterocycles. The molecule has 3 fully saturated rings. The van der Waals surface area contributed by atoms with Crippen LogP contribution in [-0.4, -0.2) is 181 Å². The predicted molar refractivity (Wildman–Crippen MR) is 416 cm³/mol. The summed E-state index contributed by atoms with van der Waals surface area (Å²) >= 11 is 8.17. The summed E-state index contributed by atoms with van der Waals surface area (Å²) < 4.78 is 33.9. The largest absolute Gasteiger partial charge is 0.508 e. The van der Waals surface area contributed by atoms with Crippen LogP contribution < -0.4 is 21.9 Å². The van der Waals surface area contributed by atoms with Crippen molar-refractivity contribution in [1.82, 2.24) is 99.7 Å². The van der Waals surface area contributed by atoms with E-state index < -0.39 is 7.12 Å². The van der Waals surface area contributed by atoms with Crippen molar-refractivity contribution in [2.24, 2.45) is 0 Å². The van der Waals surface area contributed by atoms with Crippen molar-refractivity contribution >= 4 is 165 Å². The summed E-state index contributed by atoms with van der Waals surface area (Å²) in [5.74, 6) is 4.27. The quantitative estimate of drug-likeness (QED) is 0.0216. The number of aromatic amines is 5. The highest BCUT2D eigenvalue weighted by molar-refractivity contribution is 7.99. The van der Waals surface area contributed by atoms with Crippen LogP contribution in [-0.2, 0) is 56.7 Å². The zero-order valence-corrected chi connectivity index (χ0v) is 61.6. The number of hydrogen-bond donors (Lipinski definition) is 8. The van der Waals surface area contributed by atoms with E-state index in [2.05, 4.69) is 172 Å². The number of phenolic OH excluding ortho intramolecular Hbond substituents is 1. The van der Waals surface area contributed by atoms with Gasteiger partial charge in [-0.25, -0.2) is 74.8 Å². The van der Waals surface area contributed by atoms with E-state index in [1.807, 2.05) is 45.0 Å². The van der Waals surface area contributed by atoms with E-state index in [1.165, 1.54) is 29.3 Å². The van der Waals surface area contributed by atoms with Gasteiger partial charge in [-0.3, -0.25) is 0 Å². The SMILES string of the molecule is CC1COB(c2ccc(CSc3ncnc4nc[nH]c34)cc2)O1.CC1OB(c2ccc(CSc3ncnc4nc[nH]c34)cc2)OC1C.OB(O)c1ccc(CSc2ncnc3nc[nH]c23)cc1.Oc1ccc(CSc2ncnc3nc[nH]c23)cc1.c1nc(SCc2ccc(B3OCCO3)cc2)c2[nH]cnc2n1. The van der Waals surface area contributed by atoms with Crippen LogP contribution in [0.1, 0.15) is 48.6 Å². The van der Waals surface area contributed by atoms with Gasteiger partial charge in [-0.1, -0.05) is 168 Å². The second-order valence-corrected chi connectivity index (χ2v) is 28.9. The molecule has 8 N–H and O–H groups in total. The maximum atomic E-state index is 9.21. The molecule has 0 bridgehead atoms. The molecule has 538 valence electrons. The van der Waals surface area contributed by atoms with Crippen LogP contribution in [0.25, 0.3) is 55.8 Å². The summed E-state index contributed by atoms with van der Waals surface area (Å²) in [5.41, 5.74) is 17.3. The van der Waals surface area contributed by atoms with Gasteiger partial charge in [0.2, 0.25) is 0 Å². The average molecular weight is 1520 g/mol. The first-order valence-electron chi connectivity index (χ1n) is 33.6. The standard InChI is InChI=1S/C16H17BN4O2S.C15H15BN4O2S.C14H13BN4O2S.C12H11BN4O2S.C12H10N4OS/c1-10-11(2)23-17(22-10)13-5-3-12(4-6-13)7-24-16-14-15(19-8-18-14)20-9-21-16;1-10-6-21-16(22-10)12-4-2-11(3-5-12)7-23-15-13-14(18-8-17-13)19-9-20-15;1-3-11(15-20-5-6-21-15)4-2-10(1)7-22-14-12-13(17-8-16-12)18-9-19-14;18-13(19)9-3-1-8(2-4-9)5-20-12-10-11(15-6-14-10)16-7-17-12;17-9-3-1-8(2-4-9)5-18-12-10-11(14-6-13-10)15-7-16-12/h3-6,8-11H,7H2,1-2H3,(H,18,19,20,21);2-5,8-10H,6-7H2,1H3,(H,17,18,19,20);1-4,8-9H,5-7H2,(H,16,17,18,19);1-4,6-7,18-19H,5H2,(H,14,15,16,17);1-4,6-7,17H,5H2,(H,13,14,15,16). The first-order valence-corrected chi connectivity index (χ1v) is 38.5. The van der Waals surface area contributed by atoms with Gasteiger partial charge in [0.1, 0.15) is 90.1 Å². The first-order chi connectivity index (χ1) is 52.5. The van der Waals surface area contributed by atoms with Crippen molar-refractivity contribution in [2.75, 3.05) is 19.8 Å². The fourth-order valence-corrected chi connectivity index (χ4v) is 15.3. The fourth-order valence-electron chi connectivity index (χ4n) is 10.7. The molecular formula is C69H66B4N20O9S5. The van der Waals surface area contributed by atoms with Crippen molar-refractivity contribution < 1.29 is 43.1 Å². The Bertz CT molecular complexity index is 5320. The van der Waals surface area contributed by atoms with E-state index >= 15 is 0 Å². The van der Waals surface area contributed by atoms with Gasteiger partial charge in [-0.05, 0) is 82.6 Å². The lowest BCUT2D eigenvalue weighted by Crippen LogP contribution is -2.32. The minimum Gasteiger partial charge on any atom is -0.508 e. The summed E-state index contributed by atoms with van der Waals surface area (Å²) in [6.07, 6.45) is 16.2. The summed E-state index contributed by atoms with van der Waals surface area (Å²) in [6.45, 7) is 8.06. The molecule has 15 aromatic rings. The Balaban J connectivity index is 0.000000113. The molecular weight excluding hydrogens is 1460 g/mol. The van der Waals surface area contributed by atoms with E-state index in [1.54, 1.807) is 134 Å². The van der Waals surface area contributed by atoms with Crippen LogP contribution in [0.15, 0.2) is 210 Å². The lowest BCUT2D eigenvalue weighted by atomic mass is 9.79. The zero-order valence-electron chi connectivity index (χ0n) is 57.6. The van der Waals surface area contributed by atoms with Crippen LogP contribution >= 0.6 is 58.8 Å². The number of phenols is 1. The molecule has 0 radical (unpaired) electrons. The van der Waals surface area contributed by atoms with E-state index in [9.17, 15) is 5.11 Å². The van der Waals surface area contributed by atoms with Crippen LogP contribution in [0.3, 0.4) is 0 Å². The minimum atomic E-state index is -1.43. The first kappa shape index (κ1) is 74.2. The third-order valence-electron chi connectivity index (χ3n) is 16.6. The molecule has 3 aliphatic rings. The molecule has 29 nitrogen and oxygen atoms in total. The second-order valence-electron chi connectivity index (χ2n) is 24.0. The minimum absolute atomic E-state index is 0.125. The number of thioether (sulfide) groups is 5. The number of hydrogen-bond acceptors (Lipinski definition) is 29. The van der Waals surface area contributed by atoms with Gasteiger partial charge in [-0.15, -0.1) is 0 Å². The highest BCUT2D eigenvalue weighted by Gasteiger charge is 2.36. The number of nitrogens with one attached hydrogen (secondary N) is 5. The van der Waals surface area contributed by atoms with Crippen LogP contribution in [0.2, 0.25) is 0 Å². The number of benzene rings is 5. The molecule has 107 heavy (non-hydrogen) atoms. The van der Waals surface area contributed by atoms with Crippen molar-refractivity contribution in [2.45, 2.75) is 93.0 Å². The van der Waals surface area contributed by atoms with Gasteiger partial charge in [0, 0.05) is 28.8 Å². The molecule has 18 rings (SSSR count). The number of rotatable bonds is 19. The Hall–Kier alpha value is -9.66. The monoisotopic (exact) mass is 1520 g/mol. The number of H-pyrrole nitrogens is 5. The van der Waals surface area contributed by atoms with Crippen molar-refractivity contribution in [3.8, 4) is 5.75 Å². The second kappa shape index (κ2) is 36.3. The molecule has 3 aliphatic heterocycles. The molecule has 38 heteroatoms. The van der Waals surface area contributed by atoms with Crippen LogP contribution in [0, 0.1) is 0 Å². The van der Waals surface area contributed by atoms with Gasteiger partial charge in [0.25, 0.3) is 0 Å². The molecule has 13 heterocycles. The molecule has 3 unspecified atom stereocenters. The summed E-state index contributed by atoms with van der Waals surface area (Å²) in [5, 5.41) is 31.8. The van der Waals surface area contributed by atoms with Gasteiger partial charge < -0.3 is 68.0 Å². The zero-order chi connectivity index (χ0) is 73.3. The Kier molecular flexibility index (Phi) is 25.2. The van der Waals surface area contributed by atoms with Gasteiger partial charge in [-0.2, -0.15) is 0 Å². The molecule has 0 amide bonds. The Morgan fingerprint density at radius 2 is 0.645 bits per heavy atom. The van der Waals surface area contributed by atoms with E-state index in [-0.39, 0.29) is 45.4 Å². The molecule has 5 aromatic carbocycles. The van der Waals surface area contributed by atoms with Crippen LogP contribution in [0.4, 0.5) is 0 Å². The topological polar surface area (TPSA) is 388 Å². The lowest BCUT2D eigenvalue weighted by molar-refractivity contribution is 0.187. The number of fused-ring (bicyclic) bond motifs is 5. The number of aromatic hydroxyl groups is 1. The summed E-state index contributed by atoms with van der Waals surface area (Å²) in [7, 11) is -2.14. The van der Waals surface area contributed by atoms with Crippen molar-refractivity contribution in [1.29, 1.82) is 0 Å². The average Bonchev–Trinajstić information content (AvgIpc) is 1.75. The Morgan fingerprint density at radius 3 is 0.944 bits per heavy atom. The van der Waals surface area contributed by atoms with E-state index in [0.717, 1.165) is 109 Å². The maximum Gasteiger partial charge on any atom is 0.494 e. The van der Waals surface area contributed by atoms with Gasteiger partial charge >= 0.3 is 28.5 Å². The molecule has 3 atom stereocenters. The highest BCUT2D eigenvalue weighted by Crippen LogP contribution is 2.31. The van der Waals surface area contributed by atoms with Crippen molar-refractivity contribution in [3.63, 3.8) is 0 Å². The van der Waals surface area contributed by atoms with Gasteiger partial charge in [0.15, 0.2) is 28.2 Å². The van der Waals surface area contributed by atoms with Crippen molar-refractivity contribution in [3.05, 3.63) is 212 Å². The van der Waals surface area contributed by atoms with Gasteiger partial charge in [0.05, 0.1) is 69.8 Å². The number of imidazole rings is 5. The number of aromatic nitrogens is 20. The van der Waals surface area contributed by atoms with E-state index in [4.69, 9.17) is 38.0 Å². The Labute approximate surface area is 634 Å².